The molecule has 2 aromatic carbocycles. The summed E-state index contributed by atoms with van der Waals surface area (Å²) in [5.41, 5.74) is 9.56. The number of aromatic nitrogens is 4. The summed E-state index contributed by atoms with van der Waals surface area (Å²) in [4.78, 5) is 13.7. The molecule has 1 aliphatic rings. The number of methoxy groups -OCH3 is 1. The van der Waals surface area contributed by atoms with Gasteiger partial charge in [-0.1, -0.05) is 18.2 Å². The van der Waals surface area contributed by atoms with E-state index in [2.05, 4.69) is 24.9 Å². The van der Waals surface area contributed by atoms with Crippen LogP contribution < -0.4 is 20.3 Å². The molecule has 0 bridgehead atoms. The normalized spacial score (nSPS) is 14.3. The van der Waals surface area contributed by atoms with Crippen LogP contribution in [-0.2, 0) is 0 Å². The van der Waals surface area contributed by atoms with E-state index in [0.717, 1.165) is 65.8 Å². The molecule has 152 valence electrons. The Kier molecular flexibility index (Phi) is 4.59. The fourth-order valence-corrected chi connectivity index (χ4v) is 3.96. The van der Waals surface area contributed by atoms with Gasteiger partial charge in [-0.05, 0) is 30.3 Å². The lowest BCUT2D eigenvalue weighted by atomic mass is 10.2. The molecule has 0 unspecified atom stereocenters. The molecular formula is C22H23N7O. The van der Waals surface area contributed by atoms with Crippen LogP contribution in [0.3, 0.4) is 0 Å². The highest BCUT2D eigenvalue weighted by molar-refractivity contribution is 5.87. The van der Waals surface area contributed by atoms with Gasteiger partial charge in [0.15, 0.2) is 5.65 Å². The molecule has 0 amide bonds. The summed E-state index contributed by atoms with van der Waals surface area (Å²) in [6, 6.07) is 15.8. The van der Waals surface area contributed by atoms with Crippen LogP contribution in [0, 0.1) is 0 Å². The van der Waals surface area contributed by atoms with Crippen LogP contribution in [0.25, 0.3) is 16.7 Å². The van der Waals surface area contributed by atoms with E-state index >= 15 is 0 Å². The molecule has 8 heteroatoms. The van der Waals surface area contributed by atoms with E-state index in [1.807, 2.05) is 59.4 Å². The Morgan fingerprint density at radius 2 is 1.70 bits per heavy atom. The average Bonchev–Trinajstić information content (AvgIpc) is 3.24. The van der Waals surface area contributed by atoms with Gasteiger partial charge in [0.2, 0.25) is 0 Å². The molecule has 0 saturated carbocycles. The first-order chi connectivity index (χ1) is 14.7. The van der Waals surface area contributed by atoms with Crippen molar-refractivity contribution in [1.82, 2.24) is 19.7 Å². The largest absolute Gasteiger partial charge is 0.495 e. The van der Waals surface area contributed by atoms with E-state index in [-0.39, 0.29) is 0 Å². The third-order valence-electron chi connectivity index (χ3n) is 5.47. The minimum Gasteiger partial charge on any atom is -0.495 e. The summed E-state index contributed by atoms with van der Waals surface area (Å²) in [5, 5.41) is 5.52. The third kappa shape index (κ3) is 3.16. The van der Waals surface area contributed by atoms with E-state index in [9.17, 15) is 0 Å². The average molecular weight is 401 g/mol. The summed E-state index contributed by atoms with van der Waals surface area (Å²) in [7, 11) is 1.69. The van der Waals surface area contributed by atoms with Crippen LogP contribution in [0.1, 0.15) is 0 Å². The smallest absolute Gasteiger partial charge is 0.168 e. The van der Waals surface area contributed by atoms with Crippen molar-refractivity contribution < 1.29 is 4.74 Å². The highest BCUT2D eigenvalue weighted by atomic mass is 16.5. The van der Waals surface area contributed by atoms with Gasteiger partial charge < -0.3 is 20.3 Å². The fourth-order valence-electron chi connectivity index (χ4n) is 3.96. The molecule has 30 heavy (non-hydrogen) atoms. The lowest BCUT2D eigenvalue weighted by molar-refractivity contribution is 0.413. The van der Waals surface area contributed by atoms with E-state index in [1.165, 1.54) is 0 Å². The van der Waals surface area contributed by atoms with E-state index in [1.54, 1.807) is 13.4 Å². The van der Waals surface area contributed by atoms with Crippen molar-refractivity contribution in [2.45, 2.75) is 0 Å². The first kappa shape index (κ1) is 18.2. The molecule has 0 spiro atoms. The quantitative estimate of drug-likeness (QED) is 0.526. The van der Waals surface area contributed by atoms with Gasteiger partial charge in [0.25, 0.3) is 0 Å². The van der Waals surface area contributed by atoms with Gasteiger partial charge in [-0.15, -0.1) is 0 Å². The first-order valence-electron chi connectivity index (χ1n) is 9.92. The molecule has 0 aliphatic carbocycles. The van der Waals surface area contributed by atoms with Crippen molar-refractivity contribution in [3.8, 4) is 11.4 Å². The second kappa shape index (κ2) is 7.55. The van der Waals surface area contributed by atoms with Gasteiger partial charge >= 0.3 is 0 Å². The summed E-state index contributed by atoms with van der Waals surface area (Å²) in [6.07, 6.45) is 3.47. The molecular weight excluding hydrogens is 378 g/mol. The summed E-state index contributed by atoms with van der Waals surface area (Å²) in [5.74, 6) is 1.76. The number of anilines is 3. The third-order valence-corrected chi connectivity index (χ3v) is 5.47. The predicted octanol–water partition coefficient (Wildman–Crippen LogP) is 2.73. The van der Waals surface area contributed by atoms with Crippen LogP contribution >= 0.6 is 0 Å². The van der Waals surface area contributed by atoms with Crippen molar-refractivity contribution in [2.24, 2.45) is 0 Å². The number of fused-ring (bicyclic) bond motifs is 1. The van der Waals surface area contributed by atoms with Crippen LogP contribution in [0.15, 0.2) is 61.1 Å². The monoisotopic (exact) mass is 401 g/mol. The Bertz CT molecular complexity index is 1170. The van der Waals surface area contributed by atoms with Crippen LogP contribution in [0.5, 0.6) is 5.75 Å². The Morgan fingerprint density at radius 3 is 2.47 bits per heavy atom. The van der Waals surface area contributed by atoms with Gasteiger partial charge in [0.1, 0.15) is 17.9 Å². The number of nitrogens with zero attached hydrogens (tertiary/aromatic N) is 6. The number of nitrogens with two attached hydrogens (primary N) is 1. The second-order valence-corrected chi connectivity index (χ2v) is 7.23. The Balaban J connectivity index is 1.41. The maximum Gasteiger partial charge on any atom is 0.168 e. The lowest BCUT2D eigenvalue weighted by Crippen LogP contribution is -2.47. The molecule has 3 heterocycles. The maximum atomic E-state index is 6.00. The Labute approximate surface area is 174 Å². The standard InChI is InChI=1S/C22H23N7O/c1-30-20-8-7-16(23)13-19(20)27-9-11-28(12-10-27)21-18-14-26-29(22(18)25-15-24-21)17-5-3-2-4-6-17/h2-8,13-15H,9-12,23H2,1H3. The molecule has 2 aromatic heterocycles. The molecule has 0 atom stereocenters. The predicted molar refractivity (Wildman–Crippen MR) is 118 cm³/mol. The van der Waals surface area contributed by atoms with Crippen molar-refractivity contribution in [3.05, 3.63) is 61.1 Å². The lowest BCUT2D eigenvalue weighted by Gasteiger charge is -2.37. The van der Waals surface area contributed by atoms with Gasteiger partial charge in [-0.2, -0.15) is 5.10 Å². The SMILES string of the molecule is COc1ccc(N)cc1N1CCN(c2ncnc3c2cnn3-c2ccccc2)CC1. The molecule has 2 N–H and O–H groups in total. The summed E-state index contributed by atoms with van der Waals surface area (Å²) < 4.78 is 7.38. The first-order valence-corrected chi connectivity index (χ1v) is 9.92. The van der Waals surface area contributed by atoms with Crippen LogP contribution in [0.2, 0.25) is 0 Å². The maximum absolute atomic E-state index is 6.00. The van der Waals surface area contributed by atoms with Gasteiger partial charge in [0, 0.05) is 31.9 Å². The summed E-state index contributed by atoms with van der Waals surface area (Å²) >= 11 is 0. The van der Waals surface area contributed by atoms with Crippen LogP contribution in [-0.4, -0.2) is 53.0 Å². The number of ether oxygens (including phenoxy) is 1. The summed E-state index contributed by atoms with van der Waals surface area (Å²) in [6.45, 7) is 3.36. The van der Waals surface area contributed by atoms with Gasteiger partial charge in [-0.3, -0.25) is 0 Å². The number of rotatable bonds is 4. The van der Waals surface area contributed by atoms with Crippen molar-refractivity contribution >= 4 is 28.2 Å². The molecule has 5 rings (SSSR count). The number of benzene rings is 2. The number of nitrogen functional groups attached to an aromatic ring is 1. The van der Waals surface area contributed by atoms with Crippen molar-refractivity contribution in [1.29, 1.82) is 0 Å². The Morgan fingerprint density at radius 1 is 0.933 bits per heavy atom. The van der Waals surface area contributed by atoms with Crippen LogP contribution in [0.4, 0.5) is 17.2 Å². The van der Waals surface area contributed by atoms with E-state index in [4.69, 9.17) is 10.5 Å². The minimum absolute atomic E-state index is 0.735. The number of piperazine rings is 1. The van der Waals surface area contributed by atoms with Crippen molar-refractivity contribution in [2.75, 3.05) is 48.8 Å². The molecule has 1 aliphatic heterocycles. The highest BCUT2D eigenvalue weighted by Crippen LogP contribution is 2.32. The zero-order valence-corrected chi connectivity index (χ0v) is 16.8. The number of hydrogen-bond acceptors (Lipinski definition) is 7. The number of para-hydroxylation sites is 1. The number of hydrogen-bond donors (Lipinski definition) is 1. The Hall–Kier alpha value is -3.81. The fraction of sp³-hybridized carbons (Fsp3) is 0.227. The minimum atomic E-state index is 0.735. The molecule has 4 aromatic rings. The molecule has 1 fully saturated rings. The van der Waals surface area contributed by atoms with Gasteiger partial charge in [-0.25, -0.2) is 14.6 Å². The zero-order valence-electron chi connectivity index (χ0n) is 16.8. The molecule has 8 nitrogen and oxygen atoms in total. The highest BCUT2D eigenvalue weighted by Gasteiger charge is 2.23. The van der Waals surface area contributed by atoms with Crippen molar-refractivity contribution in [3.63, 3.8) is 0 Å². The van der Waals surface area contributed by atoms with E-state index in [0.29, 0.717) is 0 Å². The van der Waals surface area contributed by atoms with E-state index < -0.39 is 0 Å². The zero-order chi connectivity index (χ0) is 20.5. The molecule has 0 radical (unpaired) electrons. The topological polar surface area (TPSA) is 85.3 Å². The second-order valence-electron chi connectivity index (χ2n) is 7.23. The molecule has 1 saturated heterocycles. The van der Waals surface area contributed by atoms with Gasteiger partial charge in [0.05, 0.1) is 30.1 Å².